The van der Waals surface area contributed by atoms with Crippen LogP contribution in [0.3, 0.4) is 0 Å². The average molecular weight is 323 g/mol. The van der Waals surface area contributed by atoms with Crippen LogP contribution in [0.2, 0.25) is 5.15 Å². The van der Waals surface area contributed by atoms with Crippen LogP contribution in [0.15, 0.2) is 6.07 Å². The Hall–Kier alpha value is -1.82. The van der Waals surface area contributed by atoms with E-state index in [2.05, 4.69) is 10.3 Å². The first kappa shape index (κ1) is 15.1. The maximum atomic E-state index is 12.0. The van der Waals surface area contributed by atoms with E-state index in [1.165, 1.54) is 26.2 Å². The van der Waals surface area contributed by atoms with Crippen molar-refractivity contribution >= 4 is 34.9 Å². The fourth-order valence-electron chi connectivity index (χ4n) is 3.26. The number of nitrogen functional groups attached to an aromatic ring is 1. The predicted octanol–water partition coefficient (Wildman–Crippen LogP) is 2.57. The minimum absolute atomic E-state index is 0.110. The van der Waals surface area contributed by atoms with E-state index in [0.717, 1.165) is 24.4 Å². The molecule has 0 bridgehead atoms. The summed E-state index contributed by atoms with van der Waals surface area (Å²) in [6, 6.07) is 2.01. The van der Waals surface area contributed by atoms with Crippen LogP contribution >= 0.6 is 11.6 Å². The molecule has 0 radical (unpaired) electrons. The fraction of sp³-hybridized carbons (Fsp3) is 0.533. The van der Waals surface area contributed by atoms with Gasteiger partial charge >= 0.3 is 5.78 Å². The predicted molar refractivity (Wildman–Crippen MR) is 86.3 cm³/mol. The van der Waals surface area contributed by atoms with Gasteiger partial charge in [0.25, 0.3) is 5.91 Å². The lowest BCUT2D eigenvalue weighted by molar-refractivity contribution is -0.552. The Labute approximate surface area is 134 Å². The fourth-order valence-corrected chi connectivity index (χ4v) is 3.45. The van der Waals surface area contributed by atoms with E-state index in [9.17, 15) is 4.79 Å². The topological polar surface area (TPSA) is 76.3 Å². The third-order valence-electron chi connectivity index (χ3n) is 4.29. The highest BCUT2D eigenvalue weighted by Crippen LogP contribution is 2.26. The van der Waals surface area contributed by atoms with E-state index < -0.39 is 0 Å². The van der Waals surface area contributed by atoms with Gasteiger partial charge in [-0.15, -0.1) is 0 Å². The maximum Gasteiger partial charge on any atom is 0.415 e. The van der Waals surface area contributed by atoms with Gasteiger partial charge in [0.1, 0.15) is 5.69 Å². The molecule has 0 spiro atoms. The van der Waals surface area contributed by atoms with Crippen molar-refractivity contribution in [1.29, 1.82) is 0 Å². The molecule has 118 valence electrons. The zero-order valence-corrected chi connectivity index (χ0v) is 13.7. The van der Waals surface area contributed by atoms with Crippen LogP contribution in [-0.2, 0) is 0 Å². The molecule has 1 fully saturated rings. The largest absolute Gasteiger partial charge is 0.415 e. The smallest absolute Gasteiger partial charge is 0.372 e. The Balaban J connectivity index is 2.16. The third kappa shape index (κ3) is 2.52. The van der Waals surface area contributed by atoms with Crippen molar-refractivity contribution in [2.24, 2.45) is 0 Å². The Bertz CT molecular complexity index is 733. The molecule has 0 aromatic carbocycles. The lowest BCUT2D eigenvalue weighted by atomic mass is 9.95. The molecule has 0 aliphatic heterocycles. The van der Waals surface area contributed by atoms with Crippen molar-refractivity contribution in [2.75, 3.05) is 11.1 Å². The number of nitrogens with two attached hydrogens (primary N) is 1. The summed E-state index contributed by atoms with van der Waals surface area (Å²) in [5, 5.41) is 3.83. The summed E-state index contributed by atoms with van der Waals surface area (Å²) in [6.07, 6.45) is 6.01. The van der Waals surface area contributed by atoms with Crippen LogP contribution in [0.5, 0.6) is 0 Å². The molecule has 1 aliphatic rings. The Kier molecular flexibility index (Phi) is 3.95. The summed E-state index contributed by atoms with van der Waals surface area (Å²) in [6.45, 7) is 3.41. The monoisotopic (exact) mass is 322 g/mol. The number of aromatic nitrogens is 3. The third-order valence-corrected chi connectivity index (χ3v) is 4.49. The molecule has 3 N–H and O–H groups in total. The number of imidazole rings is 1. The molecule has 2 heterocycles. The molecule has 0 saturated heterocycles. The molecular formula is C15H21ClN5O+. The molecule has 1 saturated carbocycles. The second kappa shape index (κ2) is 5.76. The number of fused-ring (bicyclic) bond motifs is 1. The number of rotatable bonds is 2. The van der Waals surface area contributed by atoms with Crippen LogP contribution in [0.25, 0.3) is 5.78 Å². The molecule has 1 aliphatic carbocycles. The summed E-state index contributed by atoms with van der Waals surface area (Å²) >= 11 is 6.00. The number of carbonyl (C=O) groups excluding carboxylic acids is 1. The second-order valence-electron chi connectivity index (χ2n) is 5.91. The molecule has 3 rings (SSSR count). The van der Waals surface area contributed by atoms with Crippen LogP contribution < -0.4 is 15.6 Å². The minimum Gasteiger partial charge on any atom is -0.372 e. The number of hydrogen-bond donors (Lipinski definition) is 2. The van der Waals surface area contributed by atoms with Crippen molar-refractivity contribution in [1.82, 2.24) is 9.38 Å². The number of nitrogens with one attached hydrogen (secondary N) is 1. The van der Waals surface area contributed by atoms with Crippen LogP contribution in [0.1, 0.15) is 49.5 Å². The molecule has 2 aromatic rings. The van der Waals surface area contributed by atoms with E-state index >= 15 is 0 Å². The summed E-state index contributed by atoms with van der Waals surface area (Å²) in [4.78, 5) is 16.3. The van der Waals surface area contributed by atoms with Gasteiger partial charge in [-0.25, -0.2) is 0 Å². The Morgan fingerprint density at radius 2 is 2.14 bits per heavy atom. The number of halogens is 1. The maximum absolute atomic E-state index is 12.0. The van der Waals surface area contributed by atoms with Gasteiger partial charge in [0.05, 0.1) is 0 Å². The van der Waals surface area contributed by atoms with Crippen molar-refractivity contribution in [2.45, 2.75) is 52.0 Å². The van der Waals surface area contributed by atoms with E-state index in [1.807, 2.05) is 6.92 Å². The van der Waals surface area contributed by atoms with Gasteiger partial charge in [-0.3, -0.25) is 4.79 Å². The molecular weight excluding hydrogens is 302 g/mol. The normalized spacial score (nSPS) is 16.1. The quantitative estimate of drug-likeness (QED) is 0.658. The molecule has 22 heavy (non-hydrogen) atoms. The SMILES string of the molecule is CC(=O)[n+]1c(C)c(NC2CCCCC2)n2c(N)cc(Cl)nc21. The highest BCUT2D eigenvalue weighted by molar-refractivity contribution is 6.29. The number of nitrogens with zero attached hydrogens (tertiary/aromatic N) is 3. The van der Waals surface area contributed by atoms with Crippen LogP contribution in [-0.4, -0.2) is 21.3 Å². The standard InChI is InChI=1S/C15H20ClN5O/c1-9-14(18-11-6-4-3-5-7-11)21-13(17)8-12(16)19-15(21)20(9)10(2)22/h8,11,17-18H,3-7H2,1-2H3/p+1. The highest BCUT2D eigenvalue weighted by Gasteiger charge is 2.29. The van der Waals surface area contributed by atoms with Gasteiger partial charge in [0, 0.05) is 19.0 Å². The second-order valence-corrected chi connectivity index (χ2v) is 6.29. The highest BCUT2D eigenvalue weighted by atomic mass is 35.5. The zero-order valence-electron chi connectivity index (χ0n) is 12.9. The number of carbonyl (C=O) groups is 1. The summed E-state index contributed by atoms with van der Waals surface area (Å²) in [7, 11) is 0. The van der Waals surface area contributed by atoms with Gasteiger partial charge in [-0.05, 0) is 31.4 Å². The lowest BCUT2D eigenvalue weighted by Crippen LogP contribution is -2.43. The summed E-state index contributed by atoms with van der Waals surface area (Å²) < 4.78 is 3.32. The first-order valence-electron chi connectivity index (χ1n) is 7.65. The van der Waals surface area contributed by atoms with Gasteiger partial charge in [-0.1, -0.05) is 24.2 Å². The molecule has 0 atom stereocenters. The van der Waals surface area contributed by atoms with Crippen LogP contribution in [0.4, 0.5) is 11.6 Å². The van der Waals surface area contributed by atoms with Crippen molar-refractivity contribution in [3.63, 3.8) is 0 Å². The van der Waals surface area contributed by atoms with E-state index in [4.69, 9.17) is 17.3 Å². The Morgan fingerprint density at radius 1 is 1.45 bits per heavy atom. The molecule has 6 nitrogen and oxygen atoms in total. The van der Waals surface area contributed by atoms with Crippen molar-refractivity contribution in [3.8, 4) is 0 Å². The van der Waals surface area contributed by atoms with E-state index in [0.29, 0.717) is 17.6 Å². The van der Waals surface area contributed by atoms with Crippen molar-refractivity contribution in [3.05, 3.63) is 16.9 Å². The molecule has 0 amide bonds. The first-order chi connectivity index (χ1) is 10.5. The average Bonchev–Trinajstić information content (AvgIpc) is 2.72. The van der Waals surface area contributed by atoms with Crippen molar-refractivity contribution < 1.29 is 9.36 Å². The Morgan fingerprint density at radius 3 is 2.77 bits per heavy atom. The minimum atomic E-state index is -0.110. The molecule has 0 unspecified atom stereocenters. The molecule has 7 heteroatoms. The molecule has 2 aromatic heterocycles. The van der Waals surface area contributed by atoms with E-state index in [-0.39, 0.29) is 11.1 Å². The zero-order chi connectivity index (χ0) is 15.9. The van der Waals surface area contributed by atoms with Gasteiger partial charge < -0.3 is 11.1 Å². The summed E-state index contributed by atoms with van der Waals surface area (Å²) in [5.74, 6) is 1.64. The van der Waals surface area contributed by atoms with Gasteiger partial charge in [0.2, 0.25) is 11.0 Å². The van der Waals surface area contributed by atoms with E-state index in [1.54, 1.807) is 15.0 Å². The first-order valence-corrected chi connectivity index (χ1v) is 8.03. The number of hydrogen-bond acceptors (Lipinski definition) is 4. The van der Waals surface area contributed by atoms with Crippen LogP contribution in [0, 0.1) is 6.92 Å². The summed E-state index contributed by atoms with van der Waals surface area (Å²) in [5.41, 5.74) is 6.92. The lowest BCUT2D eigenvalue weighted by Gasteiger charge is -2.22. The van der Waals surface area contributed by atoms with Gasteiger partial charge in [0.15, 0.2) is 5.82 Å². The van der Waals surface area contributed by atoms with Gasteiger partial charge in [-0.2, -0.15) is 8.97 Å². The number of anilines is 2.